The summed E-state index contributed by atoms with van der Waals surface area (Å²) in [6.45, 7) is 0.102. The second kappa shape index (κ2) is 4.38. The lowest BCUT2D eigenvalue weighted by Gasteiger charge is -2.12. The van der Waals surface area contributed by atoms with Gasteiger partial charge in [0.25, 0.3) is 0 Å². The number of fused-ring (bicyclic) bond motifs is 1. The summed E-state index contributed by atoms with van der Waals surface area (Å²) in [5.74, 6) is 0. The van der Waals surface area contributed by atoms with Gasteiger partial charge in [0.15, 0.2) is 0 Å². The van der Waals surface area contributed by atoms with Gasteiger partial charge in [0, 0.05) is 30.4 Å². The molecule has 0 aliphatic carbocycles. The van der Waals surface area contributed by atoms with Gasteiger partial charge in [0.2, 0.25) is 0 Å². The SMILES string of the molecule is NC(CCO)c1cncc2ccccc12. The highest BCUT2D eigenvalue weighted by Crippen LogP contribution is 2.23. The number of benzene rings is 1. The zero-order valence-corrected chi connectivity index (χ0v) is 8.43. The van der Waals surface area contributed by atoms with E-state index in [0.29, 0.717) is 6.42 Å². The molecule has 0 saturated carbocycles. The van der Waals surface area contributed by atoms with Crippen molar-refractivity contribution in [1.82, 2.24) is 4.98 Å². The smallest absolute Gasteiger partial charge is 0.0449 e. The van der Waals surface area contributed by atoms with E-state index >= 15 is 0 Å². The number of aliphatic hydroxyl groups excluding tert-OH is 1. The maximum atomic E-state index is 8.87. The fourth-order valence-corrected chi connectivity index (χ4v) is 1.73. The molecule has 2 aromatic rings. The van der Waals surface area contributed by atoms with Gasteiger partial charge in [-0.15, -0.1) is 0 Å². The maximum absolute atomic E-state index is 8.87. The molecule has 2 rings (SSSR count). The monoisotopic (exact) mass is 202 g/mol. The third kappa shape index (κ3) is 1.98. The van der Waals surface area contributed by atoms with Crippen molar-refractivity contribution in [2.24, 2.45) is 5.73 Å². The highest BCUT2D eigenvalue weighted by molar-refractivity contribution is 5.84. The van der Waals surface area contributed by atoms with E-state index in [1.807, 2.05) is 30.5 Å². The van der Waals surface area contributed by atoms with Gasteiger partial charge in [-0.2, -0.15) is 0 Å². The summed E-state index contributed by atoms with van der Waals surface area (Å²) in [5.41, 5.74) is 6.97. The molecule has 0 saturated heterocycles. The summed E-state index contributed by atoms with van der Waals surface area (Å²) in [7, 11) is 0. The minimum absolute atomic E-state index is 0.102. The molecule has 1 aromatic carbocycles. The molecule has 78 valence electrons. The third-order valence-corrected chi connectivity index (χ3v) is 2.54. The second-order valence-corrected chi connectivity index (χ2v) is 3.57. The van der Waals surface area contributed by atoms with E-state index in [2.05, 4.69) is 4.98 Å². The number of aromatic nitrogens is 1. The summed E-state index contributed by atoms with van der Waals surface area (Å²) < 4.78 is 0. The van der Waals surface area contributed by atoms with E-state index in [0.717, 1.165) is 16.3 Å². The van der Waals surface area contributed by atoms with E-state index < -0.39 is 0 Å². The first kappa shape index (κ1) is 10.1. The van der Waals surface area contributed by atoms with E-state index in [1.54, 1.807) is 6.20 Å². The van der Waals surface area contributed by atoms with Crippen LogP contribution in [0, 0.1) is 0 Å². The fraction of sp³-hybridized carbons (Fsp3) is 0.250. The Hall–Kier alpha value is -1.45. The number of hydrogen-bond donors (Lipinski definition) is 2. The molecule has 1 atom stereocenters. The van der Waals surface area contributed by atoms with Gasteiger partial charge in [-0.05, 0) is 17.4 Å². The average Bonchev–Trinajstić information content (AvgIpc) is 2.28. The number of nitrogens with two attached hydrogens (primary N) is 1. The zero-order chi connectivity index (χ0) is 10.7. The van der Waals surface area contributed by atoms with Crippen molar-refractivity contribution in [2.45, 2.75) is 12.5 Å². The molecule has 1 aromatic heterocycles. The Balaban J connectivity index is 2.50. The lowest BCUT2D eigenvalue weighted by Crippen LogP contribution is -2.12. The number of pyridine rings is 1. The lowest BCUT2D eigenvalue weighted by atomic mass is 10.0. The first-order valence-electron chi connectivity index (χ1n) is 5.02. The molecule has 1 unspecified atom stereocenters. The molecule has 1 heterocycles. The van der Waals surface area contributed by atoms with Crippen LogP contribution in [0.5, 0.6) is 0 Å². The normalized spacial score (nSPS) is 12.9. The van der Waals surface area contributed by atoms with Crippen LogP contribution in [0.2, 0.25) is 0 Å². The van der Waals surface area contributed by atoms with Gasteiger partial charge < -0.3 is 10.8 Å². The van der Waals surface area contributed by atoms with Gasteiger partial charge >= 0.3 is 0 Å². The van der Waals surface area contributed by atoms with Crippen LogP contribution in [0.4, 0.5) is 0 Å². The van der Waals surface area contributed by atoms with Crippen LogP contribution in [-0.4, -0.2) is 16.7 Å². The number of rotatable bonds is 3. The molecule has 3 N–H and O–H groups in total. The van der Waals surface area contributed by atoms with Crippen LogP contribution in [-0.2, 0) is 0 Å². The summed E-state index contributed by atoms with van der Waals surface area (Å²) in [5, 5.41) is 11.1. The van der Waals surface area contributed by atoms with Gasteiger partial charge in [-0.25, -0.2) is 0 Å². The highest BCUT2D eigenvalue weighted by atomic mass is 16.3. The maximum Gasteiger partial charge on any atom is 0.0449 e. The van der Waals surface area contributed by atoms with Gasteiger partial charge in [0.1, 0.15) is 0 Å². The van der Waals surface area contributed by atoms with Crippen LogP contribution in [0.15, 0.2) is 36.7 Å². The molecule has 0 bridgehead atoms. The fourth-order valence-electron chi connectivity index (χ4n) is 1.73. The molecule has 15 heavy (non-hydrogen) atoms. The molecule has 3 nitrogen and oxygen atoms in total. The van der Waals surface area contributed by atoms with Crippen molar-refractivity contribution in [3.63, 3.8) is 0 Å². The van der Waals surface area contributed by atoms with Gasteiger partial charge in [0.05, 0.1) is 0 Å². The van der Waals surface area contributed by atoms with Crippen LogP contribution in [0.3, 0.4) is 0 Å². The summed E-state index contributed by atoms with van der Waals surface area (Å²) in [6.07, 6.45) is 4.17. The van der Waals surface area contributed by atoms with Gasteiger partial charge in [-0.3, -0.25) is 4.98 Å². The number of hydrogen-bond acceptors (Lipinski definition) is 3. The predicted octanol–water partition coefficient (Wildman–Crippen LogP) is 1.62. The highest BCUT2D eigenvalue weighted by Gasteiger charge is 2.08. The minimum Gasteiger partial charge on any atom is -0.396 e. The number of nitrogens with zero attached hydrogens (tertiary/aromatic N) is 1. The third-order valence-electron chi connectivity index (χ3n) is 2.54. The van der Waals surface area contributed by atoms with Crippen LogP contribution in [0.1, 0.15) is 18.0 Å². The quantitative estimate of drug-likeness (QED) is 0.795. The Labute approximate surface area is 88.6 Å². The molecule has 0 aliphatic heterocycles. The van der Waals surface area contributed by atoms with Crippen molar-refractivity contribution in [1.29, 1.82) is 0 Å². The lowest BCUT2D eigenvalue weighted by molar-refractivity contribution is 0.277. The Kier molecular flexibility index (Phi) is 2.94. The molecule has 0 fully saturated rings. The molecule has 0 radical (unpaired) electrons. The average molecular weight is 202 g/mol. The Morgan fingerprint density at radius 3 is 2.87 bits per heavy atom. The van der Waals surface area contributed by atoms with Crippen molar-refractivity contribution >= 4 is 10.8 Å². The van der Waals surface area contributed by atoms with E-state index in [1.165, 1.54) is 0 Å². The van der Waals surface area contributed by atoms with Crippen LogP contribution < -0.4 is 5.73 Å². The van der Waals surface area contributed by atoms with Gasteiger partial charge in [-0.1, -0.05) is 24.3 Å². The predicted molar refractivity (Wildman–Crippen MR) is 60.4 cm³/mol. The summed E-state index contributed by atoms with van der Waals surface area (Å²) in [4.78, 5) is 4.15. The van der Waals surface area contributed by atoms with Crippen molar-refractivity contribution in [3.8, 4) is 0 Å². The zero-order valence-electron chi connectivity index (χ0n) is 8.43. The Bertz CT molecular complexity index is 451. The Morgan fingerprint density at radius 1 is 1.27 bits per heavy atom. The summed E-state index contributed by atoms with van der Waals surface area (Å²) in [6, 6.07) is 7.86. The molecule has 3 heteroatoms. The second-order valence-electron chi connectivity index (χ2n) is 3.57. The minimum atomic E-state index is -0.145. The van der Waals surface area contributed by atoms with Crippen molar-refractivity contribution in [3.05, 3.63) is 42.2 Å². The molecular weight excluding hydrogens is 188 g/mol. The molecule has 0 spiro atoms. The number of aliphatic hydroxyl groups is 1. The van der Waals surface area contributed by atoms with Crippen molar-refractivity contribution < 1.29 is 5.11 Å². The first-order valence-corrected chi connectivity index (χ1v) is 5.02. The van der Waals surface area contributed by atoms with E-state index in [9.17, 15) is 0 Å². The van der Waals surface area contributed by atoms with Crippen LogP contribution in [0.25, 0.3) is 10.8 Å². The van der Waals surface area contributed by atoms with Crippen molar-refractivity contribution in [2.75, 3.05) is 6.61 Å². The first-order chi connectivity index (χ1) is 7.33. The van der Waals surface area contributed by atoms with Crippen LogP contribution >= 0.6 is 0 Å². The Morgan fingerprint density at radius 2 is 2.07 bits per heavy atom. The largest absolute Gasteiger partial charge is 0.396 e. The molecular formula is C12H14N2O. The summed E-state index contributed by atoms with van der Waals surface area (Å²) >= 11 is 0. The standard InChI is InChI=1S/C12H14N2O/c13-12(5-6-15)11-8-14-7-9-3-1-2-4-10(9)11/h1-4,7-8,12,15H,5-6,13H2. The van der Waals surface area contributed by atoms with E-state index in [4.69, 9.17) is 10.8 Å². The van der Waals surface area contributed by atoms with E-state index in [-0.39, 0.29) is 12.6 Å². The topological polar surface area (TPSA) is 59.1 Å². The molecule has 0 aliphatic rings. The molecule has 0 amide bonds.